The highest BCUT2D eigenvalue weighted by Gasteiger charge is 2.23. The van der Waals surface area contributed by atoms with Crippen molar-refractivity contribution in [2.75, 3.05) is 5.32 Å². The number of carbonyl (C=O) groups excluding carboxylic acids is 1. The monoisotopic (exact) mass is 460 g/mol. The maximum atomic E-state index is 13.1. The highest BCUT2D eigenvalue weighted by atomic mass is 35.5. The molecule has 9 heteroatoms. The molecule has 0 aliphatic carbocycles. The van der Waals surface area contributed by atoms with Crippen molar-refractivity contribution in [1.29, 1.82) is 0 Å². The van der Waals surface area contributed by atoms with E-state index in [2.05, 4.69) is 22.1 Å². The molecule has 31 heavy (non-hydrogen) atoms. The molecule has 0 bridgehead atoms. The average molecular weight is 461 g/mol. The van der Waals surface area contributed by atoms with Gasteiger partial charge in [0.05, 0.1) is 10.3 Å². The predicted octanol–water partition coefficient (Wildman–Crippen LogP) is 5.52. The number of benzene rings is 2. The van der Waals surface area contributed by atoms with Crippen LogP contribution in [0.15, 0.2) is 66.3 Å². The first-order valence-corrected chi connectivity index (χ1v) is 10.8. The summed E-state index contributed by atoms with van der Waals surface area (Å²) >= 11 is 7.45. The molecule has 0 spiro atoms. The Morgan fingerprint density at radius 1 is 1.26 bits per heavy atom. The van der Waals surface area contributed by atoms with E-state index < -0.39 is 11.4 Å². The van der Waals surface area contributed by atoms with Gasteiger partial charge in [0.15, 0.2) is 17.1 Å². The van der Waals surface area contributed by atoms with Crippen LogP contribution < -0.4 is 10.1 Å². The number of hydrogen-bond acceptors (Lipinski definition) is 5. The van der Waals surface area contributed by atoms with Gasteiger partial charge < -0.3 is 10.1 Å². The van der Waals surface area contributed by atoms with Crippen LogP contribution in [-0.4, -0.2) is 25.9 Å². The Bertz CT molecular complexity index is 1060. The molecule has 3 aromatic rings. The lowest BCUT2D eigenvalue weighted by Crippen LogP contribution is -2.23. The minimum atomic E-state index is -0.467. The molecule has 0 radical (unpaired) electrons. The quantitative estimate of drug-likeness (QED) is 0.336. The van der Waals surface area contributed by atoms with Gasteiger partial charge in [0.1, 0.15) is 11.6 Å². The van der Waals surface area contributed by atoms with E-state index in [-0.39, 0.29) is 11.7 Å². The van der Waals surface area contributed by atoms with Crippen LogP contribution in [0.3, 0.4) is 0 Å². The number of carbonyl (C=O) groups is 1. The molecule has 0 aliphatic rings. The summed E-state index contributed by atoms with van der Waals surface area (Å²) in [5.74, 6) is 0.546. The molecule has 1 amide bonds. The summed E-state index contributed by atoms with van der Waals surface area (Å²) in [6.07, 6.45) is 1.30. The zero-order chi connectivity index (χ0) is 22.4. The third-order valence-corrected chi connectivity index (χ3v) is 5.72. The molecule has 162 valence electrons. The van der Waals surface area contributed by atoms with Gasteiger partial charge in [-0.3, -0.25) is 9.36 Å². The van der Waals surface area contributed by atoms with Crippen molar-refractivity contribution >= 4 is 35.0 Å². The summed E-state index contributed by atoms with van der Waals surface area (Å²) in [4.78, 5) is 12.5. The van der Waals surface area contributed by atoms with E-state index in [9.17, 15) is 9.18 Å². The van der Waals surface area contributed by atoms with E-state index in [4.69, 9.17) is 16.3 Å². The molecule has 1 aromatic heterocycles. The number of halogens is 2. The Morgan fingerprint density at radius 2 is 1.97 bits per heavy atom. The van der Waals surface area contributed by atoms with E-state index >= 15 is 0 Å². The molecule has 6 nitrogen and oxygen atoms in total. The van der Waals surface area contributed by atoms with Gasteiger partial charge >= 0.3 is 0 Å². The number of nitrogens with zero attached hydrogens (tertiary/aromatic N) is 3. The van der Waals surface area contributed by atoms with Crippen molar-refractivity contribution in [3.8, 4) is 5.75 Å². The fraction of sp³-hybridized carbons (Fsp3) is 0.227. The normalized spacial score (nSPS) is 12.8. The SMILES string of the molecule is C=CCn1c(SC(C)C(=O)Nc2ccc(F)cc2)nnc1C(C)Oc1ccccc1Cl. The Labute approximate surface area is 189 Å². The van der Waals surface area contributed by atoms with Crippen molar-refractivity contribution in [2.24, 2.45) is 0 Å². The molecule has 2 unspecified atom stereocenters. The van der Waals surface area contributed by atoms with Crippen LogP contribution in [0.1, 0.15) is 25.8 Å². The summed E-state index contributed by atoms with van der Waals surface area (Å²) in [6.45, 7) is 7.86. The van der Waals surface area contributed by atoms with Gasteiger partial charge in [-0.15, -0.1) is 16.8 Å². The van der Waals surface area contributed by atoms with Gasteiger partial charge in [-0.05, 0) is 50.2 Å². The second-order valence-corrected chi connectivity index (χ2v) is 8.40. The van der Waals surface area contributed by atoms with E-state index in [1.807, 2.05) is 23.6 Å². The largest absolute Gasteiger partial charge is 0.481 e. The van der Waals surface area contributed by atoms with Crippen LogP contribution in [0.4, 0.5) is 10.1 Å². The van der Waals surface area contributed by atoms with Crippen LogP contribution in [0.5, 0.6) is 5.75 Å². The van der Waals surface area contributed by atoms with Crippen LogP contribution in [-0.2, 0) is 11.3 Å². The Hall–Kier alpha value is -2.84. The number of nitrogens with one attached hydrogen (secondary N) is 1. The first kappa shape index (κ1) is 22.8. The molecule has 0 saturated carbocycles. The highest BCUT2D eigenvalue weighted by molar-refractivity contribution is 8.00. The summed E-state index contributed by atoms with van der Waals surface area (Å²) in [7, 11) is 0. The first-order chi connectivity index (χ1) is 14.9. The lowest BCUT2D eigenvalue weighted by atomic mass is 10.3. The molecule has 0 aliphatic heterocycles. The molecule has 3 rings (SSSR count). The Kier molecular flexibility index (Phi) is 7.70. The fourth-order valence-corrected chi connectivity index (χ4v) is 3.81. The van der Waals surface area contributed by atoms with E-state index in [0.717, 1.165) is 0 Å². The minimum Gasteiger partial charge on any atom is -0.481 e. The average Bonchev–Trinajstić information content (AvgIpc) is 3.14. The van der Waals surface area contributed by atoms with Crippen molar-refractivity contribution in [1.82, 2.24) is 14.8 Å². The summed E-state index contributed by atoms with van der Waals surface area (Å²) in [6, 6.07) is 12.8. The van der Waals surface area contributed by atoms with Crippen LogP contribution in [0.2, 0.25) is 5.02 Å². The standard InChI is InChI=1S/C22H22ClFN4O2S/c1-4-13-28-20(14(2)30-19-8-6-5-7-18(19)23)26-27-22(28)31-15(3)21(29)25-17-11-9-16(24)10-12-17/h4-12,14-15H,1,13H2,2-3H3,(H,25,29). The second kappa shape index (κ2) is 10.5. The van der Waals surface area contributed by atoms with Gasteiger partial charge in [-0.2, -0.15) is 0 Å². The number of para-hydroxylation sites is 1. The summed E-state index contributed by atoms with van der Waals surface area (Å²) < 4.78 is 20.9. The summed E-state index contributed by atoms with van der Waals surface area (Å²) in [5.41, 5.74) is 0.522. The molecular weight excluding hydrogens is 439 g/mol. The Balaban J connectivity index is 1.73. The van der Waals surface area contributed by atoms with Crippen LogP contribution in [0.25, 0.3) is 0 Å². The number of hydrogen-bond donors (Lipinski definition) is 1. The molecule has 1 heterocycles. The molecule has 2 atom stereocenters. The van der Waals surface area contributed by atoms with E-state index in [0.29, 0.717) is 34.0 Å². The van der Waals surface area contributed by atoms with Gasteiger partial charge in [-0.1, -0.05) is 41.6 Å². The highest BCUT2D eigenvalue weighted by Crippen LogP contribution is 2.30. The second-order valence-electron chi connectivity index (χ2n) is 6.69. The van der Waals surface area contributed by atoms with Crippen LogP contribution >= 0.6 is 23.4 Å². The minimum absolute atomic E-state index is 0.230. The topological polar surface area (TPSA) is 69.0 Å². The van der Waals surface area contributed by atoms with E-state index in [1.165, 1.54) is 36.0 Å². The van der Waals surface area contributed by atoms with E-state index in [1.54, 1.807) is 25.1 Å². The number of rotatable bonds is 9. The number of aromatic nitrogens is 3. The molecule has 0 fully saturated rings. The molecule has 1 N–H and O–H groups in total. The van der Waals surface area contributed by atoms with Crippen molar-refractivity contribution in [3.05, 3.63) is 77.9 Å². The smallest absolute Gasteiger partial charge is 0.237 e. The first-order valence-electron chi connectivity index (χ1n) is 9.57. The van der Waals surface area contributed by atoms with Gasteiger partial charge in [0.25, 0.3) is 0 Å². The number of ether oxygens (including phenoxy) is 1. The number of anilines is 1. The van der Waals surface area contributed by atoms with Gasteiger partial charge in [0.2, 0.25) is 5.91 Å². The maximum Gasteiger partial charge on any atom is 0.237 e. The molecule has 0 saturated heterocycles. The number of amides is 1. The van der Waals surface area contributed by atoms with Gasteiger partial charge in [-0.25, -0.2) is 4.39 Å². The third-order valence-electron chi connectivity index (χ3n) is 4.32. The van der Waals surface area contributed by atoms with Crippen molar-refractivity contribution in [3.63, 3.8) is 0 Å². The van der Waals surface area contributed by atoms with Crippen molar-refractivity contribution < 1.29 is 13.9 Å². The summed E-state index contributed by atoms with van der Waals surface area (Å²) in [5, 5.41) is 11.9. The van der Waals surface area contributed by atoms with Crippen LogP contribution in [0, 0.1) is 5.82 Å². The number of allylic oxidation sites excluding steroid dienone is 1. The van der Waals surface area contributed by atoms with Crippen molar-refractivity contribution in [2.45, 2.75) is 36.9 Å². The lowest BCUT2D eigenvalue weighted by Gasteiger charge is -2.17. The zero-order valence-corrected chi connectivity index (χ0v) is 18.7. The Morgan fingerprint density at radius 3 is 2.65 bits per heavy atom. The number of thioether (sulfide) groups is 1. The van der Waals surface area contributed by atoms with Gasteiger partial charge in [0, 0.05) is 12.2 Å². The molecule has 2 aromatic carbocycles. The third kappa shape index (κ3) is 5.86. The predicted molar refractivity (Wildman–Crippen MR) is 121 cm³/mol. The molecular formula is C22H22ClFN4O2S. The fourth-order valence-electron chi connectivity index (χ4n) is 2.76. The zero-order valence-electron chi connectivity index (χ0n) is 17.1. The lowest BCUT2D eigenvalue weighted by molar-refractivity contribution is -0.115. The maximum absolute atomic E-state index is 13.1.